The Morgan fingerprint density at radius 1 is 1.16 bits per heavy atom. The van der Waals surface area contributed by atoms with Crippen molar-refractivity contribution in [1.82, 2.24) is 9.80 Å². The zero-order valence-electron chi connectivity index (χ0n) is 17.0. The van der Waals surface area contributed by atoms with E-state index in [1.165, 1.54) is 0 Å². The van der Waals surface area contributed by atoms with Gasteiger partial charge in [0.15, 0.2) is 0 Å². The second-order valence-corrected chi connectivity index (χ2v) is 8.76. The van der Waals surface area contributed by atoms with Crippen molar-refractivity contribution in [3.05, 3.63) is 0 Å². The Labute approximate surface area is 153 Å². The Balaban J connectivity index is 2.58. The molecule has 146 valence electrons. The summed E-state index contributed by atoms with van der Waals surface area (Å²) in [4.78, 5) is 28.5. The number of carbonyl (C=O) groups excluding carboxylic acids is 2. The number of carbonyl (C=O) groups is 2. The number of nitrogens with two attached hydrogens (primary N) is 1. The molecule has 25 heavy (non-hydrogen) atoms. The highest BCUT2D eigenvalue weighted by molar-refractivity contribution is 5.82. The minimum Gasteiger partial charge on any atom is -0.444 e. The first kappa shape index (κ1) is 21.7. The molecule has 1 aliphatic rings. The molecule has 1 heterocycles. The zero-order chi connectivity index (χ0) is 19.4. The fraction of sp³-hybridized carbons (Fsp3) is 0.895. The predicted molar refractivity (Wildman–Crippen MR) is 100 cm³/mol. The molecule has 0 bridgehead atoms. The van der Waals surface area contributed by atoms with E-state index in [0.717, 1.165) is 12.8 Å². The average molecular weight is 356 g/mol. The fourth-order valence-corrected chi connectivity index (χ4v) is 2.93. The van der Waals surface area contributed by atoms with E-state index in [0.29, 0.717) is 25.6 Å². The van der Waals surface area contributed by atoms with Crippen molar-refractivity contribution >= 4 is 12.0 Å². The van der Waals surface area contributed by atoms with Crippen LogP contribution in [0.5, 0.6) is 0 Å². The lowest BCUT2D eigenvalue weighted by Crippen LogP contribution is -2.51. The maximum Gasteiger partial charge on any atom is 0.410 e. The number of nitrogens with zero attached hydrogens (tertiary/aromatic N) is 2. The van der Waals surface area contributed by atoms with Gasteiger partial charge < -0.3 is 20.3 Å². The van der Waals surface area contributed by atoms with Crippen LogP contribution in [-0.4, -0.2) is 59.1 Å². The summed E-state index contributed by atoms with van der Waals surface area (Å²) in [6.45, 7) is 15.7. The van der Waals surface area contributed by atoms with E-state index in [-0.39, 0.29) is 24.0 Å². The van der Waals surface area contributed by atoms with Crippen LogP contribution in [0.25, 0.3) is 0 Å². The topological polar surface area (TPSA) is 75.9 Å². The van der Waals surface area contributed by atoms with Crippen LogP contribution in [0.15, 0.2) is 0 Å². The Bertz CT molecular complexity index is 449. The molecular weight excluding hydrogens is 318 g/mol. The number of likely N-dealkylation sites (tertiary alicyclic amines) is 1. The first-order valence-electron chi connectivity index (χ1n) is 9.46. The lowest BCUT2D eigenvalue weighted by molar-refractivity contribution is -0.135. The van der Waals surface area contributed by atoms with E-state index >= 15 is 0 Å². The van der Waals surface area contributed by atoms with Crippen LogP contribution >= 0.6 is 0 Å². The minimum absolute atomic E-state index is 0.0429. The molecule has 6 nitrogen and oxygen atoms in total. The molecule has 1 atom stereocenters. The molecule has 1 fully saturated rings. The maximum atomic E-state index is 12.4. The molecule has 6 heteroatoms. The third-order valence-corrected chi connectivity index (χ3v) is 4.64. The van der Waals surface area contributed by atoms with Gasteiger partial charge in [-0.25, -0.2) is 4.79 Å². The quantitative estimate of drug-likeness (QED) is 0.823. The molecule has 1 aliphatic heterocycles. The van der Waals surface area contributed by atoms with E-state index in [2.05, 4.69) is 0 Å². The van der Waals surface area contributed by atoms with Gasteiger partial charge in [-0.2, -0.15) is 0 Å². The van der Waals surface area contributed by atoms with Crippen molar-refractivity contribution in [2.24, 2.45) is 17.6 Å². The molecule has 1 unspecified atom stereocenters. The third kappa shape index (κ3) is 6.84. The lowest BCUT2D eigenvalue weighted by atomic mass is 9.94. The Morgan fingerprint density at radius 2 is 1.68 bits per heavy atom. The second kappa shape index (κ2) is 8.88. The highest BCUT2D eigenvalue weighted by Crippen LogP contribution is 2.22. The number of hydrogen-bond acceptors (Lipinski definition) is 4. The van der Waals surface area contributed by atoms with E-state index in [1.807, 2.05) is 53.4 Å². The van der Waals surface area contributed by atoms with Gasteiger partial charge in [0, 0.05) is 25.7 Å². The van der Waals surface area contributed by atoms with Gasteiger partial charge in [0.1, 0.15) is 5.60 Å². The molecule has 0 saturated carbocycles. The van der Waals surface area contributed by atoms with Crippen molar-refractivity contribution in [2.45, 2.75) is 79.0 Å². The van der Waals surface area contributed by atoms with Crippen LogP contribution in [-0.2, 0) is 9.53 Å². The highest BCUT2D eigenvalue weighted by Gasteiger charge is 2.31. The smallest absolute Gasteiger partial charge is 0.410 e. The molecule has 1 saturated heterocycles. The minimum atomic E-state index is -0.493. The van der Waals surface area contributed by atoms with Gasteiger partial charge in [-0.3, -0.25) is 4.79 Å². The number of amides is 2. The summed E-state index contributed by atoms with van der Waals surface area (Å²) in [5.74, 6) is 0.573. The SMILES string of the molecule is CC(C)C(N)C(=O)N1CCC(CN(C(=O)OC(C)(C)C)C(C)C)CC1. The Hall–Kier alpha value is -1.30. The lowest BCUT2D eigenvalue weighted by Gasteiger charge is -2.37. The summed E-state index contributed by atoms with van der Waals surface area (Å²) < 4.78 is 5.53. The van der Waals surface area contributed by atoms with Crippen LogP contribution < -0.4 is 5.73 Å². The summed E-state index contributed by atoms with van der Waals surface area (Å²) in [5.41, 5.74) is 5.49. The van der Waals surface area contributed by atoms with Crippen molar-refractivity contribution in [2.75, 3.05) is 19.6 Å². The van der Waals surface area contributed by atoms with Gasteiger partial charge in [-0.1, -0.05) is 13.8 Å². The first-order valence-corrected chi connectivity index (χ1v) is 9.46. The number of rotatable bonds is 5. The van der Waals surface area contributed by atoms with Gasteiger partial charge in [-0.15, -0.1) is 0 Å². The van der Waals surface area contributed by atoms with E-state index in [4.69, 9.17) is 10.5 Å². The van der Waals surface area contributed by atoms with Gasteiger partial charge in [-0.05, 0) is 59.3 Å². The third-order valence-electron chi connectivity index (χ3n) is 4.64. The van der Waals surface area contributed by atoms with E-state index in [9.17, 15) is 9.59 Å². The molecule has 0 aromatic heterocycles. The summed E-state index contributed by atoms with van der Waals surface area (Å²) in [6, 6.07) is -0.339. The van der Waals surface area contributed by atoms with Crippen LogP contribution in [0.1, 0.15) is 61.3 Å². The molecule has 2 amide bonds. The van der Waals surface area contributed by atoms with Crippen LogP contribution in [0.4, 0.5) is 4.79 Å². The van der Waals surface area contributed by atoms with E-state index < -0.39 is 11.6 Å². The maximum absolute atomic E-state index is 12.4. The molecule has 0 aromatic carbocycles. The summed E-state index contributed by atoms with van der Waals surface area (Å²) in [7, 11) is 0. The summed E-state index contributed by atoms with van der Waals surface area (Å²) >= 11 is 0. The predicted octanol–water partition coefficient (Wildman–Crippen LogP) is 2.85. The van der Waals surface area contributed by atoms with Crippen molar-refractivity contribution in [3.8, 4) is 0 Å². The summed E-state index contributed by atoms with van der Waals surface area (Å²) in [5, 5.41) is 0. The molecular formula is C19H37N3O3. The van der Waals surface area contributed by atoms with Crippen LogP contribution in [0, 0.1) is 11.8 Å². The summed E-state index contributed by atoms with van der Waals surface area (Å²) in [6.07, 6.45) is 1.52. The van der Waals surface area contributed by atoms with Gasteiger partial charge in [0.2, 0.25) is 5.91 Å². The Kier molecular flexibility index (Phi) is 7.72. The first-order chi connectivity index (χ1) is 11.4. The molecule has 0 aromatic rings. The number of hydrogen-bond donors (Lipinski definition) is 1. The van der Waals surface area contributed by atoms with Crippen LogP contribution in [0.3, 0.4) is 0 Å². The Morgan fingerprint density at radius 3 is 2.08 bits per heavy atom. The van der Waals surface area contributed by atoms with E-state index in [1.54, 1.807) is 4.90 Å². The standard InChI is InChI=1S/C19H37N3O3/c1-13(2)16(20)17(23)21-10-8-15(9-11-21)12-22(14(3)4)18(24)25-19(5,6)7/h13-16H,8-12,20H2,1-7H3. The second-order valence-electron chi connectivity index (χ2n) is 8.76. The number of piperidine rings is 1. The van der Waals surface area contributed by atoms with Gasteiger partial charge in [0.25, 0.3) is 0 Å². The largest absolute Gasteiger partial charge is 0.444 e. The molecule has 0 spiro atoms. The molecule has 2 N–H and O–H groups in total. The van der Waals surface area contributed by atoms with Crippen molar-refractivity contribution in [3.63, 3.8) is 0 Å². The van der Waals surface area contributed by atoms with Crippen molar-refractivity contribution < 1.29 is 14.3 Å². The molecule has 1 rings (SSSR count). The number of ether oxygens (including phenoxy) is 1. The van der Waals surface area contributed by atoms with Crippen molar-refractivity contribution in [1.29, 1.82) is 0 Å². The van der Waals surface area contributed by atoms with Gasteiger partial charge >= 0.3 is 6.09 Å². The molecule has 0 aliphatic carbocycles. The monoisotopic (exact) mass is 355 g/mol. The average Bonchev–Trinajstić information content (AvgIpc) is 2.49. The highest BCUT2D eigenvalue weighted by atomic mass is 16.6. The fourth-order valence-electron chi connectivity index (χ4n) is 2.93. The van der Waals surface area contributed by atoms with Gasteiger partial charge in [0.05, 0.1) is 6.04 Å². The van der Waals surface area contributed by atoms with Crippen LogP contribution in [0.2, 0.25) is 0 Å². The zero-order valence-corrected chi connectivity index (χ0v) is 17.0. The molecule has 0 radical (unpaired) electrons. The normalized spacial score (nSPS) is 17.8.